The molecule has 0 radical (unpaired) electrons. The number of rotatable bonds is 5. The van der Waals surface area contributed by atoms with Crippen molar-refractivity contribution in [3.63, 3.8) is 0 Å². The Balaban J connectivity index is 1.39. The van der Waals surface area contributed by atoms with Gasteiger partial charge in [0, 0.05) is 18.3 Å². The molecule has 1 amide bonds. The monoisotopic (exact) mass is 349 g/mol. The van der Waals surface area contributed by atoms with E-state index in [4.69, 9.17) is 0 Å². The summed E-state index contributed by atoms with van der Waals surface area (Å²) in [6.45, 7) is 0.774. The summed E-state index contributed by atoms with van der Waals surface area (Å²) in [7, 11) is 1.99. The van der Waals surface area contributed by atoms with E-state index in [1.54, 1.807) is 11.8 Å². The Morgan fingerprint density at radius 1 is 1.22 bits per heavy atom. The molecule has 0 atom stereocenters. The molecule has 4 aliphatic carbocycles. The first-order valence-corrected chi connectivity index (χ1v) is 11.0. The molecule has 1 aromatic rings. The molecule has 126 valence electrons. The molecular weight excluding hydrogens is 322 g/mol. The van der Waals surface area contributed by atoms with E-state index in [0.29, 0.717) is 11.3 Å². The maximum absolute atomic E-state index is 12.8. The molecule has 23 heavy (non-hydrogen) atoms. The van der Waals surface area contributed by atoms with Gasteiger partial charge in [-0.2, -0.15) is 0 Å². The van der Waals surface area contributed by atoms with Gasteiger partial charge in [-0.3, -0.25) is 4.79 Å². The fourth-order valence-corrected chi connectivity index (χ4v) is 7.48. The molecular formula is C19H27NOS2. The largest absolute Gasteiger partial charge is 0.341 e. The lowest BCUT2D eigenvalue weighted by atomic mass is 9.49. The van der Waals surface area contributed by atoms with Crippen molar-refractivity contribution in [3.05, 3.63) is 17.0 Å². The Kier molecular flexibility index (Phi) is 4.25. The van der Waals surface area contributed by atoms with Crippen LogP contribution in [0.2, 0.25) is 0 Å². The van der Waals surface area contributed by atoms with Crippen molar-refractivity contribution in [2.45, 2.75) is 55.7 Å². The average Bonchev–Trinajstić information content (AvgIpc) is 2.92. The van der Waals surface area contributed by atoms with Gasteiger partial charge >= 0.3 is 0 Å². The van der Waals surface area contributed by atoms with E-state index in [0.717, 1.165) is 30.7 Å². The van der Waals surface area contributed by atoms with Gasteiger partial charge in [0.2, 0.25) is 5.91 Å². The maximum Gasteiger partial charge on any atom is 0.223 e. The highest BCUT2D eigenvalue weighted by Gasteiger charge is 2.51. The molecule has 2 nitrogen and oxygen atoms in total. The predicted octanol–water partition coefficient (Wildman–Crippen LogP) is 5.03. The average molecular weight is 350 g/mol. The fourth-order valence-electron chi connectivity index (χ4n) is 5.84. The highest BCUT2D eigenvalue weighted by molar-refractivity contribution is 8.00. The minimum atomic E-state index is 0.361. The van der Waals surface area contributed by atoms with Crippen LogP contribution in [0, 0.1) is 23.2 Å². The molecule has 0 aliphatic heterocycles. The third kappa shape index (κ3) is 3.21. The molecule has 4 saturated carbocycles. The third-order valence-electron chi connectivity index (χ3n) is 6.35. The van der Waals surface area contributed by atoms with Crippen LogP contribution in [0.4, 0.5) is 0 Å². The van der Waals surface area contributed by atoms with Crippen molar-refractivity contribution in [2.24, 2.45) is 23.2 Å². The lowest BCUT2D eigenvalue weighted by Crippen LogP contribution is -2.48. The Morgan fingerprint density at radius 2 is 1.83 bits per heavy atom. The van der Waals surface area contributed by atoms with E-state index in [2.05, 4.69) is 18.4 Å². The van der Waals surface area contributed by atoms with Gasteiger partial charge in [0.05, 0.1) is 10.8 Å². The molecule has 1 aromatic heterocycles. The number of amides is 1. The van der Waals surface area contributed by atoms with E-state index >= 15 is 0 Å². The summed E-state index contributed by atoms with van der Waals surface area (Å²) >= 11 is 3.60. The Labute approximate surface area is 148 Å². The summed E-state index contributed by atoms with van der Waals surface area (Å²) in [5.74, 6) is 3.16. The number of thiophene rings is 1. The maximum atomic E-state index is 12.8. The molecule has 0 aromatic carbocycles. The molecule has 4 aliphatic rings. The zero-order valence-corrected chi connectivity index (χ0v) is 15.8. The lowest BCUT2D eigenvalue weighted by Gasteiger charge is -2.56. The van der Waals surface area contributed by atoms with Crippen LogP contribution in [0.1, 0.15) is 49.8 Å². The smallest absolute Gasteiger partial charge is 0.223 e. The van der Waals surface area contributed by atoms with Crippen molar-refractivity contribution in [1.29, 1.82) is 0 Å². The van der Waals surface area contributed by atoms with Crippen LogP contribution >= 0.6 is 23.1 Å². The summed E-state index contributed by atoms with van der Waals surface area (Å²) in [4.78, 5) is 16.1. The van der Waals surface area contributed by atoms with Gasteiger partial charge in [0.25, 0.3) is 0 Å². The van der Waals surface area contributed by atoms with Gasteiger partial charge in [-0.25, -0.2) is 0 Å². The van der Waals surface area contributed by atoms with Gasteiger partial charge in [-0.15, -0.1) is 23.1 Å². The molecule has 4 heteroatoms. The standard InChI is InChI=1S/C19H27NOS2/c1-20(12-16-3-4-18(22-2)23-16)17(21)11-19-8-13-5-14(9-19)7-15(6-13)10-19/h3-4,13-15H,5-12H2,1-2H3. The van der Waals surface area contributed by atoms with Gasteiger partial charge in [0.15, 0.2) is 0 Å². The first kappa shape index (κ1) is 16.0. The summed E-state index contributed by atoms with van der Waals surface area (Å²) in [6, 6.07) is 4.34. The summed E-state index contributed by atoms with van der Waals surface area (Å²) in [6.07, 6.45) is 11.3. The second kappa shape index (κ2) is 6.11. The van der Waals surface area contributed by atoms with Crippen LogP contribution in [-0.4, -0.2) is 24.1 Å². The van der Waals surface area contributed by atoms with Crippen LogP contribution in [0.5, 0.6) is 0 Å². The highest BCUT2D eigenvalue weighted by atomic mass is 32.2. The Morgan fingerprint density at radius 3 is 2.35 bits per heavy atom. The molecule has 5 rings (SSSR count). The highest BCUT2D eigenvalue weighted by Crippen LogP contribution is 2.61. The first-order valence-electron chi connectivity index (χ1n) is 8.92. The van der Waals surface area contributed by atoms with Crippen LogP contribution in [-0.2, 0) is 11.3 Å². The summed E-state index contributed by atoms with van der Waals surface area (Å²) in [5, 5.41) is 0. The molecule has 0 saturated heterocycles. The van der Waals surface area contributed by atoms with E-state index in [9.17, 15) is 4.79 Å². The molecule has 1 heterocycles. The molecule has 0 spiro atoms. The Bertz CT molecular complexity index is 559. The quantitative estimate of drug-likeness (QED) is 0.695. The van der Waals surface area contributed by atoms with Crippen LogP contribution in [0.25, 0.3) is 0 Å². The van der Waals surface area contributed by atoms with Gasteiger partial charge in [-0.1, -0.05) is 0 Å². The second-order valence-corrected chi connectivity index (χ2v) is 10.5. The van der Waals surface area contributed by atoms with E-state index in [1.807, 2.05) is 23.3 Å². The number of hydrogen-bond acceptors (Lipinski definition) is 3. The van der Waals surface area contributed by atoms with Gasteiger partial charge < -0.3 is 4.90 Å². The Hall–Kier alpha value is -0.480. The number of carbonyl (C=O) groups excluding carboxylic acids is 1. The second-order valence-electron chi connectivity index (χ2n) is 8.27. The topological polar surface area (TPSA) is 20.3 Å². The number of hydrogen-bond donors (Lipinski definition) is 0. The number of thioether (sulfide) groups is 1. The zero-order chi connectivity index (χ0) is 16.0. The predicted molar refractivity (Wildman–Crippen MR) is 97.8 cm³/mol. The van der Waals surface area contributed by atoms with Crippen molar-refractivity contribution >= 4 is 29.0 Å². The normalized spacial score (nSPS) is 34.8. The van der Waals surface area contributed by atoms with Crippen LogP contribution in [0.15, 0.2) is 16.3 Å². The SMILES string of the molecule is CSc1ccc(CN(C)C(=O)CC23CC4CC(CC(C4)C2)C3)s1. The van der Waals surface area contributed by atoms with Crippen LogP contribution < -0.4 is 0 Å². The van der Waals surface area contributed by atoms with Crippen molar-refractivity contribution < 1.29 is 4.79 Å². The molecule has 0 unspecified atom stereocenters. The van der Waals surface area contributed by atoms with Crippen LogP contribution in [0.3, 0.4) is 0 Å². The van der Waals surface area contributed by atoms with E-state index in [1.165, 1.54) is 47.6 Å². The minimum Gasteiger partial charge on any atom is -0.341 e. The first-order chi connectivity index (χ1) is 11.0. The summed E-state index contributed by atoms with van der Waals surface area (Å²) in [5.41, 5.74) is 0.361. The molecule has 0 N–H and O–H groups in total. The molecule has 4 fully saturated rings. The van der Waals surface area contributed by atoms with Crippen molar-refractivity contribution in [2.75, 3.05) is 13.3 Å². The van der Waals surface area contributed by atoms with Gasteiger partial charge in [-0.05, 0) is 80.1 Å². The van der Waals surface area contributed by atoms with Crippen molar-refractivity contribution in [1.82, 2.24) is 4.90 Å². The third-order valence-corrected chi connectivity index (χ3v) is 8.50. The van der Waals surface area contributed by atoms with Gasteiger partial charge in [0.1, 0.15) is 0 Å². The van der Waals surface area contributed by atoms with E-state index in [-0.39, 0.29) is 0 Å². The van der Waals surface area contributed by atoms with Crippen molar-refractivity contribution in [3.8, 4) is 0 Å². The zero-order valence-electron chi connectivity index (χ0n) is 14.2. The van der Waals surface area contributed by atoms with E-state index < -0.39 is 0 Å². The number of nitrogens with zero attached hydrogens (tertiary/aromatic N) is 1. The fraction of sp³-hybridized carbons (Fsp3) is 0.737. The molecule has 4 bridgehead atoms. The minimum absolute atomic E-state index is 0.361. The number of carbonyl (C=O) groups is 1. The lowest BCUT2D eigenvalue weighted by molar-refractivity contribution is -0.138. The summed E-state index contributed by atoms with van der Waals surface area (Å²) < 4.78 is 1.34.